The quantitative estimate of drug-likeness (QED) is 0.316. The topological polar surface area (TPSA) is 96.2 Å². The minimum absolute atomic E-state index is 0.126. The van der Waals surface area contributed by atoms with E-state index >= 15 is 0 Å². The molecule has 3 aromatic carbocycles. The summed E-state index contributed by atoms with van der Waals surface area (Å²) in [6, 6.07) is 16.7. The van der Waals surface area contributed by atoms with Gasteiger partial charge in [-0.1, -0.05) is 11.6 Å². The molecular weight excluding hydrogens is 486 g/mol. The van der Waals surface area contributed by atoms with Crippen LogP contribution in [0.5, 0.6) is 23.0 Å². The number of halogens is 1. The summed E-state index contributed by atoms with van der Waals surface area (Å²) in [6.45, 7) is 2.01. The second kappa shape index (κ2) is 11.0. The maximum absolute atomic E-state index is 13.4. The Bertz CT molecular complexity index is 1450. The van der Waals surface area contributed by atoms with Gasteiger partial charge < -0.3 is 28.7 Å². The maximum atomic E-state index is 13.4. The molecule has 8 nitrogen and oxygen atoms in total. The molecule has 0 unspecified atom stereocenters. The molecule has 0 aliphatic rings. The molecule has 0 atom stereocenters. The first kappa shape index (κ1) is 24.9. The van der Waals surface area contributed by atoms with Crippen molar-refractivity contribution < 1.29 is 28.2 Å². The molecule has 0 fully saturated rings. The summed E-state index contributed by atoms with van der Waals surface area (Å²) < 4.78 is 27.9. The highest BCUT2D eigenvalue weighted by Gasteiger charge is 2.20. The van der Waals surface area contributed by atoms with E-state index in [1.54, 1.807) is 54.6 Å². The number of hydrogen-bond acceptors (Lipinski definition) is 7. The van der Waals surface area contributed by atoms with Gasteiger partial charge in [0.2, 0.25) is 11.2 Å². The molecule has 0 radical (unpaired) electrons. The average molecular weight is 510 g/mol. The standard InChI is InChI=1S/C27H24ClNO7/c1-4-34-19-9-7-18(8-10-19)29-24(30)15-35-27-25(31)20-14-17(28)6-12-21(20)36-26(27)16-5-11-22(32-2)23(13-16)33-3/h5-14H,4,15H2,1-3H3,(H,29,30). The second-order valence-electron chi connectivity index (χ2n) is 7.59. The monoisotopic (exact) mass is 509 g/mol. The number of methoxy groups -OCH3 is 2. The predicted octanol–water partition coefficient (Wildman–Crippen LogP) is 5.55. The van der Waals surface area contributed by atoms with Crippen LogP contribution in [-0.4, -0.2) is 33.3 Å². The van der Waals surface area contributed by atoms with Gasteiger partial charge in [-0.05, 0) is 67.6 Å². The highest BCUT2D eigenvalue weighted by molar-refractivity contribution is 6.31. The van der Waals surface area contributed by atoms with Gasteiger partial charge in [0, 0.05) is 16.3 Å². The number of benzene rings is 3. The predicted molar refractivity (Wildman–Crippen MR) is 138 cm³/mol. The molecular formula is C27H24ClNO7. The van der Waals surface area contributed by atoms with Gasteiger partial charge in [0.15, 0.2) is 23.9 Å². The molecule has 9 heteroatoms. The number of carbonyl (C=O) groups is 1. The number of nitrogens with one attached hydrogen (secondary N) is 1. The minimum Gasteiger partial charge on any atom is -0.494 e. The fourth-order valence-corrected chi connectivity index (χ4v) is 3.76. The number of ether oxygens (including phenoxy) is 4. The zero-order chi connectivity index (χ0) is 25.7. The summed E-state index contributed by atoms with van der Waals surface area (Å²) in [5, 5.41) is 3.33. The van der Waals surface area contributed by atoms with Crippen LogP contribution in [0.1, 0.15) is 6.92 Å². The molecule has 36 heavy (non-hydrogen) atoms. The Labute approximate surface area is 212 Å². The third kappa shape index (κ3) is 5.39. The van der Waals surface area contributed by atoms with Crippen molar-refractivity contribution in [3.05, 3.63) is 75.9 Å². The van der Waals surface area contributed by atoms with E-state index in [4.69, 9.17) is 35.0 Å². The fraction of sp³-hybridized carbons (Fsp3) is 0.185. The van der Waals surface area contributed by atoms with E-state index in [0.717, 1.165) is 0 Å². The lowest BCUT2D eigenvalue weighted by Gasteiger charge is -2.14. The summed E-state index contributed by atoms with van der Waals surface area (Å²) in [5.74, 6) is 1.20. The van der Waals surface area contributed by atoms with Crippen molar-refractivity contribution in [1.29, 1.82) is 0 Å². The first-order valence-corrected chi connectivity index (χ1v) is 11.5. The number of hydrogen-bond donors (Lipinski definition) is 1. The molecule has 1 heterocycles. The molecule has 1 aromatic heterocycles. The molecule has 186 valence electrons. The number of anilines is 1. The fourth-order valence-electron chi connectivity index (χ4n) is 3.58. The van der Waals surface area contributed by atoms with Gasteiger partial charge in [0.05, 0.1) is 26.2 Å². The molecule has 4 rings (SSSR count). The first-order valence-electron chi connectivity index (χ1n) is 11.1. The Balaban J connectivity index is 1.67. The van der Waals surface area contributed by atoms with E-state index in [1.807, 2.05) is 6.92 Å². The normalized spacial score (nSPS) is 10.7. The molecule has 0 saturated heterocycles. The molecule has 0 saturated carbocycles. The molecule has 1 N–H and O–H groups in total. The Kier molecular flexibility index (Phi) is 7.65. The van der Waals surface area contributed by atoms with Gasteiger partial charge in [-0.25, -0.2) is 0 Å². The van der Waals surface area contributed by atoms with Crippen LogP contribution in [0.4, 0.5) is 5.69 Å². The summed E-state index contributed by atoms with van der Waals surface area (Å²) in [7, 11) is 3.03. The van der Waals surface area contributed by atoms with Crippen LogP contribution in [-0.2, 0) is 4.79 Å². The smallest absolute Gasteiger partial charge is 0.262 e. The molecule has 0 bridgehead atoms. The van der Waals surface area contributed by atoms with Gasteiger partial charge in [0.1, 0.15) is 11.3 Å². The molecule has 1 amide bonds. The largest absolute Gasteiger partial charge is 0.494 e. The lowest BCUT2D eigenvalue weighted by atomic mass is 10.1. The van der Waals surface area contributed by atoms with Crippen LogP contribution in [0.2, 0.25) is 5.02 Å². The van der Waals surface area contributed by atoms with E-state index in [1.165, 1.54) is 20.3 Å². The number of amides is 1. The third-order valence-electron chi connectivity index (χ3n) is 5.25. The zero-order valence-corrected chi connectivity index (χ0v) is 20.7. The third-order valence-corrected chi connectivity index (χ3v) is 5.49. The van der Waals surface area contributed by atoms with Crippen LogP contribution in [0.3, 0.4) is 0 Å². The van der Waals surface area contributed by atoms with Gasteiger partial charge in [-0.3, -0.25) is 9.59 Å². The van der Waals surface area contributed by atoms with Crippen molar-refractivity contribution in [3.8, 4) is 34.3 Å². The highest BCUT2D eigenvalue weighted by atomic mass is 35.5. The lowest BCUT2D eigenvalue weighted by Crippen LogP contribution is -2.22. The van der Waals surface area contributed by atoms with Crippen LogP contribution < -0.4 is 29.7 Å². The highest BCUT2D eigenvalue weighted by Crippen LogP contribution is 2.37. The summed E-state index contributed by atoms with van der Waals surface area (Å²) in [4.78, 5) is 26.0. The van der Waals surface area contributed by atoms with Crippen molar-refractivity contribution in [1.82, 2.24) is 0 Å². The van der Waals surface area contributed by atoms with Crippen LogP contribution in [0, 0.1) is 0 Å². The Morgan fingerprint density at radius 1 is 0.944 bits per heavy atom. The molecule has 0 aliphatic carbocycles. The van der Waals surface area contributed by atoms with Crippen LogP contribution in [0.15, 0.2) is 69.9 Å². The van der Waals surface area contributed by atoms with Crippen molar-refractivity contribution in [2.45, 2.75) is 6.92 Å². The Hall–Kier alpha value is -4.17. The molecule has 0 spiro atoms. The van der Waals surface area contributed by atoms with Gasteiger partial charge in [-0.2, -0.15) is 0 Å². The number of rotatable bonds is 9. The summed E-state index contributed by atoms with van der Waals surface area (Å²) in [6.07, 6.45) is 0. The molecule has 4 aromatic rings. The number of carbonyl (C=O) groups excluding carboxylic acids is 1. The lowest BCUT2D eigenvalue weighted by molar-refractivity contribution is -0.118. The second-order valence-corrected chi connectivity index (χ2v) is 8.03. The van der Waals surface area contributed by atoms with E-state index in [9.17, 15) is 9.59 Å². The molecule has 0 aliphatic heterocycles. The van der Waals surface area contributed by atoms with E-state index < -0.39 is 17.9 Å². The van der Waals surface area contributed by atoms with Crippen LogP contribution in [0.25, 0.3) is 22.3 Å². The Morgan fingerprint density at radius 3 is 2.39 bits per heavy atom. The van der Waals surface area contributed by atoms with Gasteiger partial charge in [-0.15, -0.1) is 0 Å². The van der Waals surface area contributed by atoms with Crippen molar-refractivity contribution >= 4 is 34.2 Å². The Morgan fingerprint density at radius 2 is 1.69 bits per heavy atom. The van der Waals surface area contributed by atoms with Crippen molar-refractivity contribution in [3.63, 3.8) is 0 Å². The van der Waals surface area contributed by atoms with Crippen molar-refractivity contribution in [2.75, 3.05) is 32.8 Å². The zero-order valence-electron chi connectivity index (χ0n) is 19.9. The van der Waals surface area contributed by atoms with Gasteiger partial charge >= 0.3 is 0 Å². The first-order chi connectivity index (χ1) is 17.4. The van der Waals surface area contributed by atoms with Crippen LogP contribution >= 0.6 is 11.6 Å². The van der Waals surface area contributed by atoms with E-state index in [-0.39, 0.29) is 16.9 Å². The van der Waals surface area contributed by atoms with Gasteiger partial charge in [0.25, 0.3) is 5.91 Å². The average Bonchev–Trinajstić information content (AvgIpc) is 2.89. The summed E-state index contributed by atoms with van der Waals surface area (Å²) >= 11 is 6.10. The summed E-state index contributed by atoms with van der Waals surface area (Å²) in [5.41, 5.74) is 0.922. The minimum atomic E-state index is -0.461. The van der Waals surface area contributed by atoms with Crippen molar-refractivity contribution in [2.24, 2.45) is 0 Å². The van der Waals surface area contributed by atoms with E-state index in [0.29, 0.717) is 45.7 Å². The SMILES string of the molecule is CCOc1ccc(NC(=O)COc2c(-c3ccc(OC)c(OC)c3)oc3ccc(Cl)cc3c2=O)cc1. The maximum Gasteiger partial charge on any atom is 0.262 e. The van der Waals surface area contributed by atoms with E-state index in [2.05, 4.69) is 5.32 Å². The number of fused-ring (bicyclic) bond motifs is 1.